The molecule has 0 aliphatic carbocycles. The van der Waals surface area contributed by atoms with Crippen LogP contribution in [0.4, 0.5) is 0 Å². The molecule has 4 aromatic heterocycles. The number of halogens is 2. The molecule has 5 rings (SSSR count). The number of pyridine rings is 3. The summed E-state index contributed by atoms with van der Waals surface area (Å²) in [5.41, 5.74) is 4.91. The van der Waals surface area contributed by atoms with E-state index in [1.165, 1.54) is 0 Å². The van der Waals surface area contributed by atoms with E-state index in [0.717, 1.165) is 33.5 Å². The zero-order valence-corrected chi connectivity index (χ0v) is 18.3. The van der Waals surface area contributed by atoms with Crippen LogP contribution in [0.2, 0.25) is 10.0 Å². The van der Waals surface area contributed by atoms with Gasteiger partial charge in [0.15, 0.2) is 0 Å². The predicted octanol–water partition coefficient (Wildman–Crippen LogP) is 5.11. The number of rotatable bonds is 5. The molecule has 0 aliphatic rings. The SMILES string of the molecule is O=C(NCc1cnc2ccc(Cl)cn12)c1ccnc(Cc2ccc3ncc(Cl)cc3c2)c1. The van der Waals surface area contributed by atoms with E-state index >= 15 is 0 Å². The first kappa shape index (κ1) is 20.4. The van der Waals surface area contributed by atoms with Crippen LogP contribution in [0.3, 0.4) is 0 Å². The summed E-state index contributed by atoms with van der Waals surface area (Å²) in [6.45, 7) is 0.330. The Balaban J connectivity index is 1.31. The third-order valence-electron chi connectivity index (χ3n) is 5.15. The number of amides is 1. The Morgan fingerprint density at radius 1 is 0.938 bits per heavy atom. The molecule has 158 valence electrons. The first-order chi connectivity index (χ1) is 15.5. The van der Waals surface area contributed by atoms with Gasteiger partial charge in [-0.2, -0.15) is 0 Å². The average Bonchev–Trinajstić information content (AvgIpc) is 3.19. The molecule has 0 atom stereocenters. The van der Waals surface area contributed by atoms with E-state index in [0.29, 0.717) is 28.6 Å². The number of nitrogens with zero attached hydrogens (tertiary/aromatic N) is 4. The maximum Gasteiger partial charge on any atom is 0.251 e. The van der Waals surface area contributed by atoms with Gasteiger partial charge in [-0.05, 0) is 48.0 Å². The van der Waals surface area contributed by atoms with Gasteiger partial charge in [-0.25, -0.2) is 4.98 Å². The smallest absolute Gasteiger partial charge is 0.251 e. The molecule has 0 radical (unpaired) electrons. The van der Waals surface area contributed by atoms with Gasteiger partial charge in [0.05, 0.1) is 34.0 Å². The van der Waals surface area contributed by atoms with Crippen LogP contribution >= 0.6 is 23.2 Å². The number of carbonyl (C=O) groups is 1. The summed E-state index contributed by atoms with van der Waals surface area (Å²) in [5.74, 6) is -0.180. The highest BCUT2D eigenvalue weighted by Crippen LogP contribution is 2.20. The first-order valence-electron chi connectivity index (χ1n) is 9.94. The van der Waals surface area contributed by atoms with Crippen molar-refractivity contribution in [3.05, 3.63) is 106 Å². The molecule has 4 heterocycles. The second-order valence-electron chi connectivity index (χ2n) is 7.40. The lowest BCUT2D eigenvalue weighted by Gasteiger charge is -2.08. The summed E-state index contributed by atoms with van der Waals surface area (Å²) < 4.78 is 1.86. The van der Waals surface area contributed by atoms with Crippen molar-refractivity contribution in [1.29, 1.82) is 0 Å². The van der Waals surface area contributed by atoms with Crippen molar-refractivity contribution in [3.8, 4) is 0 Å². The minimum absolute atomic E-state index is 0.180. The average molecular weight is 462 g/mol. The first-order valence-corrected chi connectivity index (χ1v) is 10.7. The normalized spacial score (nSPS) is 11.2. The Morgan fingerprint density at radius 2 is 1.84 bits per heavy atom. The molecule has 5 aromatic rings. The van der Waals surface area contributed by atoms with E-state index in [1.807, 2.05) is 34.7 Å². The zero-order chi connectivity index (χ0) is 22.1. The number of nitrogens with one attached hydrogen (secondary N) is 1. The van der Waals surface area contributed by atoms with Gasteiger partial charge in [0.2, 0.25) is 0 Å². The Kier molecular flexibility index (Phi) is 5.47. The fourth-order valence-corrected chi connectivity index (χ4v) is 3.93. The van der Waals surface area contributed by atoms with Gasteiger partial charge in [0.25, 0.3) is 5.91 Å². The molecule has 0 saturated heterocycles. The van der Waals surface area contributed by atoms with E-state index in [2.05, 4.69) is 20.3 Å². The topological polar surface area (TPSA) is 72.2 Å². The number of benzene rings is 1. The maximum absolute atomic E-state index is 12.7. The molecule has 1 N–H and O–H groups in total. The van der Waals surface area contributed by atoms with Crippen LogP contribution in [-0.2, 0) is 13.0 Å². The molecule has 0 aliphatic heterocycles. The molecule has 8 heteroatoms. The Bertz CT molecular complexity index is 1460. The quantitative estimate of drug-likeness (QED) is 0.394. The van der Waals surface area contributed by atoms with Gasteiger partial charge in [0.1, 0.15) is 5.65 Å². The van der Waals surface area contributed by atoms with Crippen LogP contribution in [0.25, 0.3) is 16.6 Å². The van der Waals surface area contributed by atoms with Gasteiger partial charge in [0, 0.05) is 41.7 Å². The van der Waals surface area contributed by atoms with Gasteiger partial charge >= 0.3 is 0 Å². The van der Waals surface area contributed by atoms with Crippen LogP contribution in [0.15, 0.2) is 73.3 Å². The summed E-state index contributed by atoms with van der Waals surface area (Å²) >= 11 is 12.1. The summed E-state index contributed by atoms with van der Waals surface area (Å²) in [4.78, 5) is 25.8. The van der Waals surface area contributed by atoms with E-state index in [4.69, 9.17) is 23.2 Å². The van der Waals surface area contributed by atoms with E-state index in [9.17, 15) is 4.79 Å². The minimum atomic E-state index is -0.180. The molecule has 0 spiro atoms. The van der Waals surface area contributed by atoms with Gasteiger partial charge in [-0.1, -0.05) is 29.3 Å². The molecule has 1 amide bonds. The number of imidazole rings is 1. The molecule has 32 heavy (non-hydrogen) atoms. The summed E-state index contributed by atoms with van der Waals surface area (Å²) in [5, 5.41) is 5.11. The molecule has 0 fully saturated rings. The van der Waals surface area contributed by atoms with Crippen molar-refractivity contribution in [1.82, 2.24) is 24.7 Å². The van der Waals surface area contributed by atoms with Crippen molar-refractivity contribution in [2.45, 2.75) is 13.0 Å². The molecular formula is C24H17Cl2N5O. The number of carbonyl (C=O) groups excluding carboxylic acids is 1. The third kappa shape index (κ3) is 4.28. The molecule has 1 aromatic carbocycles. The lowest BCUT2D eigenvalue weighted by Crippen LogP contribution is -2.23. The van der Waals surface area contributed by atoms with Crippen molar-refractivity contribution in [2.75, 3.05) is 0 Å². The standard InChI is InChI=1S/C24H17Cl2N5O/c25-18-2-4-23-29-12-21(31(23)14-18)13-30-24(32)16-5-6-27-20(10-16)8-15-1-3-22-17(7-15)9-19(26)11-28-22/h1-7,9-12,14H,8,13H2,(H,30,32). The number of hydrogen-bond acceptors (Lipinski definition) is 4. The highest BCUT2D eigenvalue weighted by atomic mass is 35.5. The Morgan fingerprint density at radius 3 is 2.75 bits per heavy atom. The van der Waals surface area contributed by atoms with Crippen LogP contribution in [0, 0.1) is 0 Å². The molecule has 0 saturated carbocycles. The summed E-state index contributed by atoms with van der Waals surface area (Å²) in [7, 11) is 0. The maximum atomic E-state index is 12.7. The second-order valence-corrected chi connectivity index (χ2v) is 8.27. The molecule has 0 unspecified atom stereocenters. The Hall–Kier alpha value is -3.48. The van der Waals surface area contributed by atoms with Crippen molar-refractivity contribution in [3.63, 3.8) is 0 Å². The highest BCUT2D eigenvalue weighted by Gasteiger charge is 2.10. The minimum Gasteiger partial charge on any atom is -0.346 e. The van der Waals surface area contributed by atoms with Crippen LogP contribution in [0.5, 0.6) is 0 Å². The van der Waals surface area contributed by atoms with E-state index in [1.54, 1.807) is 43.0 Å². The van der Waals surface area contributed by atoms with Crippen molar-refractivity contribution < 1.29 is 4.79 Å². The Labute approximate surface area is 193 Å². The van der Waals surface area contributed by atoms with Crippen LogP contribution < -0.4 is 5.32 Å². The predicted molar refractivity (Wildman–Crippen MR) is 125 cm³/mol. The van der Waals surface area contributed by atoms with Crippen molar-refractivity contribution >= 4 is 45.7 Å². The van der Waals surface area contributed by atoms with Gasteiger partial charge in [-0.15, -0.1) is 0 Å². The zero-order valence-electron chi connectivity index (χ0n) is 16.8. The largest absolute Gasteiger partial charge is 0.346 e. The second kappa shape index (κ2) is 8.57. The highest BCUT2D eigenvalue weighted by molar-refractivity contribution is 6.31. The van der Waals surface area contributed by atoms with Gasteiger partial charge < -0.3 is 9.72 Å². The lowest BCUT2D eigenvalue weighted by atomic mass is 10.0. The number of fused-ring (bicyclic) bond motifs is 2. The molecule has 6 nitrogen and oxygen atoms in total. The lowest BCUT2D eigenvalue weighted by molar-refractivity contribution is 0.0950. The van der Waals surface area contributed by atoms with E-state index in [-0.39, 0.29) is 5.91 Å². The summed E-state index contributed by atoms with van der Waals surface area (Å²) in [6.07, 6.45) is 7.38. The van der Waals surface area contributed by atoms with Crippen molar-refractivity contribution in [2.24, 2.45) is 0 Å². The molecular weight excluding hydrogens is 445 g/mol. The van der Waals surface area contributed by atoms with E-state index < -0.39 is 0 Å². The van der Waals surface area contributed by atoms with Crippen LogP contribution in [0.1, 0.15) is 27.3 Å². The number of hydrogen-bond donors (Lipinski definition) is 1. The molecule has 0 bridgehead atoms. The fourth-order valence-electron chi connectivity index (χ4n) is 3.60. The van der Waals surface area contributed by atoms with Crippen LogP contribution in [-0.4, -0.2) is 25.3 Å². The fraction of sp³-hybridized carbons (Fsp3) is 0.0833. The van der Waals surface area contributed by atoms with Gasteiger partial charge in [-0.3, -0.25) is 14.8 Å². The summed E-state index contributed by atoms with van der Waals surface area (Å²) in [6, 6.07) is 15.0. The third-order valence-corrected chi connectivity index (χ3v) is 5.58. The monoisotopic (exact) mass is 461 g/mol. The number of aromatic nitrogens is 4.